The second-order valence-electron chi connectivity index (χ2n) is 8.51. The SMILES string of the molecule is CCC/C=C\CCCCCCCCOCC(O)COP(=O)(O)OCC[N+](C)(C)C. The fourth-order valence-corrected chi connectivity index (χ4v) is 3.24. The summed E-state index contributed by atoms with van der Waals surface area (Å²) in [7, 11) is 1.74. The summed E-state index contributed by atoms with van der Waals surface area (Å²) < 4.78 is 27.5. The highest BCUT2D eigenvalue weighted by atomic mass is 31.2. The predicted molar refractivity (Wildman–Crippen MR) is 118 cm³/mol. The highest BCUT2D eigenvalue weighted by molar-refractivity contribution is 7.47. The molecular weight excluding hydrogens is 393 g/mol. The minimum absolute atomic E-state index is 0.0863. The van der Waals surface area contributed by atoms with E-state index < -0.39 is 13.9 Å². The van der Waals surface area contributed by atoms with Crippen molar-refractivity contribution in [2.75, 3.05) is 54.1 Å². The van der Waals surface area contributed by atoms with E-state index in [4.69, 9.17) is 13.8 Å². The molecule has 174 valence electrons. The second-order valence-corrected chi connectivity index (χ2v) is 9.96. The lowest BCUT2D eigenvalue weighted by molar-refractivity contribution is -0.870. The van der Waals surface area contributed by atoms with E-state index in [0.29, 0.717) is 17.6 Å². The van der Waals surface area contributed by atoms with Crippen molar-refractivity contribution >= 4 is 7.82 Å². The fraction of sp³-hybridized carbons (Fsp3) is 0.905. The van der Waals surface area contributed by atoms with Gasteiger partial charge in [-0.3, -0.25) is 9.05 Å². The third kappa shape index (κ3) is 22.2. The van der Waals surface area contributed by atoms with Gasteiger partial charge in [-0.15, -0.1) is 0 Å². The van der Waals surface area contributed by atoms with E-state index in [0.717, 1.165) is 12.8 Å². The Morgan fingerprint density at radius 3 is 2.17 bits per heavy atom. The Balaban J connectivity index is 3.51. The molecule has 0 aliphatic rings. The van der Waals surface area contributed by atoms with Crippen molar-refractivity contribution in [3.05, 3.63) is 12.2 Å². The number of phosphoric acid groups is 1. The number of rotatable bonds is 20. The van der Waals surface area contributed by atoms with Crippen LogP contribution in [0.5, 0.6) is 0 Å². The quantitative estimate of drug-likeness (QED) is 0.128. The van der Waals surface area contributed by atoms with Crippen LogP contribution in [0, 0.1) is 0 Å². The van der Waals surface area contributed by atoms with Crippen LogP contribution in [0.25, 0.3) is 0 Å². The number of aliphatic hydroxyl groups is 1. The molecular formula is C21H45NO6P+. The Kier molecular flexibility index (Phi) is 17.3. The first-order valence-corrected chi connectivity index (χ1v) is 12.5. The topological polar surface area (TPSA) is 85.2 Å². The lowest BCUT2D eigenvalue weighted by Gasteiger charge is -2.24. The molecule has 0 saturated carbocycles. The molecule has 0 rings (SSSR count). The fourth-order valence-electron chi connectivity index (χ4n) is 2.49. The molecule has 2 N–H and O–H groups in total. The van der Waals surface area contributed by atoms with Crippen molar-refractivity contribution in [2.45, 2.75) is 70.8 Å². The first-order chi connectivity index (χ1) is 13.7. The average molecular weight is 439 g/mol. The Labute approximate surface area is 178 Å². The van der Waals surface area contributed by atoms with Gasteiger partial charge in [0.25, 0.3) is 0 Å². The molecule has 0 amide bonds. The molecule has 2 unspecified atom stereocenters. The number of phosphoric ester groups is 1. The Hall–Kier alpha value is -0.270. The number of allylic oxidation sites excluding steroid dienone is 2. The van der Waals surface area contributed by atoms with Crippen LogP contribution in [0.15, 0.2) is 12.2 Å². The molecule has 2 atom stereocenters. The van der Waals surface area contributed by atoms with Crippen molar-refractivity contribution in [2.24, 2.45) is 0 Å². The molecule has 0 aromatic carbocycles. The monoisotopic (exact) mass is 438 g/mol. The Bertz CT molecular complexity index is 453. The maximum absolute atomic E-state index is 11.7. The van der Waals surface area contributed by atoms with E-state index in [1.165, 1.54) is 44.9 Å². The van der Waals surface area contributed by atoms with Gasteiger partial charge in [-0.25, -0.2) is 4.57 Å². The molecule has 0 heterocycles. The summed E-state index contributed by atoms with van der Waals surface area (Å²) >= 11 is 0. The molecule has 0 spiro atoms. The largest absolute Gasteiger partial charge is 0.472 e. The molecule has 0 bridgehead atoms. The van der Waals surface area contributed by atoms with Crippen LogP contribution < -0.4 is 0 Å². The van der Waals surface area contributed by atoms with E-state index in [1.54, 1.807) is 0 Å². The van der Waals surface area contributed by atoms with Crippen LogP contribution >= 0.6 is 7.82 Å². The van der Waals surface area contributed by atoms with Gasteiger partial charge in [0.1, 0.15) is 19.3 Å². The zero-order valence-electron chi connectivity index (χ0n) is 19.1. The van der Waals surface area contributed by atoms with Crippen molar-refractivity contribution in [3.8, 4) is 0 Å². The summed E-state index contributed by atoms with van der Waals surface area (Å²) in [4.78, 5) is 9.59. The summed E-state index contributed by atoms with van der Waals surface area (Å²) in [5.41, 5.74) is 0. The third-order valence-electron chi connectivity index (χ3n) is 4.29. The van der Waals surface area contributed by atoms with E-state index in [9.17, 15) is 14.6 Å². The van der Waals surface area contributed by atoms with Crippen LogP contribution in [0.3, 0.4) is 0 Å². The molecule has 0 aromatic rings. The van der Waals surface area contributed by atoms with E-state index in [2.05, 4.69) is 19.1 Å². The summed E-state index contributed by atoms with van der Waals surface area (Å²) in [6.45, 7) is 3.26. The number of aliphatic hydroxyl groups excluding tert-OH is 1. The summed E-state index contributed by atoms with van der Waals surface area (Å²) in [5.74, 6) is 0. The van der Waals surface area contributed by atoms with Crippen LogP contribution in [0.2, 0.25) is 0 Å². The first kappa shape index (κ1) is 28.7. The number of unbranched alkanes of at least 4 members (excludes halogenated alkanes) is 7. The van der Waals surface area contributed by atoms with Gasteiger partial charge in [-0.1, -0.05) is 51.2 Å². The summed E-state index contributed by atoms with van der Waals surface area (Å²) in [6.07, 6.45) is 14.3. The van der Waals surface area contributed by atoms with E-state index >= 15 is 0 Å². The van der Waals surface area contributed by atoms with Crippen LogP contribution in [-0.2, 0) is 18.3 Å². The lowest BCUT2D eigenvalue weighted by atomic mass is 10.1. The van der Waals surface area contributed by atoms with Gasteiger partial charge in [0.2, 0.25) is 0 Å². The zero-order chi connectivity index (χ0) is 22.0. The molecule has 8 heteroatoms. The van der Waals surface area contributed by atoms with E-state index in [-0.39, 0.29) is 19.8 Å². The van der Waals surface area contributed by atoms with Gasteiger partial charge in [-0.05, 0) is 25.7 Å². The molecule has 0 aliphatic heterocycles. The number of nitrogens with zero attached hydrogens (tertiary/aromatic N) is 1. The van der Waals surface area contributed by atoms with Gasteiger partial charge in [0.05, 0.1) is 34.4 Å². The standard InChI is InChI=1S/C21H44NO6P/c1-5-6-7-8-9-10-11-12-13-14-15-17-26-19-21(23)20-28-29(24,25)27-18-16-22(2,3)4/h7-8,21,23H,5-6,9-20H2,1-4H3/p+1/b8-7-. The zero-order valence-corrected chi connectivity index (χ0v) is 19.9. The maximum Gasteiger partial charge on any atom is 0.472 e. The number of hydrogen-bond acceptors (Lipinski definition) is 5. The Morgan fingerprint density at radius 2 is 1.52 bits per heavy atom. The van der Waals surface area contributed by atoms with Crippen LogP contribution in [0.1, 0.15) is 64.7 Å². The summed E-state index contributed by atoms with van der Waals surface area (Å²) in [6, 6.07) is 0. The number of likely N-dealkylation sites (N-methyl/N-ethyl adjacent to an activating group) is 1. The van der Waals surface area contributed by atoms with Crippen molar-refractivity contribution in [1.29, 1.82) is 0 Å². The average Bonchev–Trinajstić information content (AvgIpc) is 2.62. The Morgan fingerprint density at radius 1 is 0.897 bits per heavy atom. The molecule has 7 nitrogen and oxygen atoms in total. The number of quaternary nitrogens is 1. The highest BCUT2D eigenvalue weighted by Gasteiger charge is 2.24. The lowest BCUT2D eigenvalue weighted by Crippen LogP contribution is -2.37. The third-order valence-corrected chi connectivity index (χ3v) is 5.27. The minimum atomic E-state index is -4.13. The summed E-state index contributed by atoms with van der Waals surface area (Å²) in [5, 5.41) is 9.80. The van der Waals surface area contributed by atoms with Crippen molar-refractivity contribution < 1.29 is 32.8 Å². The first-order valence-electron chi connectivity index (χ1n) is 11.0. The van der Waals surface area contributed by atoms with Gasteiger partial charge >= 0.3 is 7.82 Å². The normalized spacial score (nSPS) is 15.7. The highest BCUT2D eigenvalue weighted by Crippen LogP contribution is 2.43. The van der Waals surface area contributed by atoms with Crippen molar-refractivity contribution in [3.63, 3.8) is 0 Å². The molecule has 0 aliphatic carbocycles. The number of ether oxygens (including phenoxy) is 1. The smallest absolute Gasteiger partial charge is 0.388 e. The molecule has 29 heavy (non-hydrogen) atoms. The van der Waals surface area contributed by atoms with Gasteiger partial charge in [0, 0.05) is 6.61 Å². The van der Waals surface area contributed by atoms with E-state index in [1.807, 2.05) is 21.1 Å². The molecule has 0 aromatic heterocycles. The predicted octanol–water partition coefficient (Wildman–Crippen LogP) is 4.29. The second kappa shape index (κ2) is 17.4. The van der Waals surface area contributed by atoms with Crippen LogP contribution in [0.4, 0.5) is 0 Å². The molecule has 0 radical (unpaired) electrons. The van der Waals surface area contributed by atoms with Gasteiger partial charge < -0.3 is 19.2 Å². The molecule has 0 saturated heterocycles. The maximum atomic E-state index is 11.7. The van der Waals surface area contributed by atoms with Gasteiger partial charge in [0.15, 0.2) is 0 Å². The molecule has 0 fully saturated rings. The minimum Gasteiger partial charge on any atom is -0.388 e. The van der Waals surface area contributed by atoms with Gasteiger partial charge in [-0.2, -0.15) is 0 Å². The van der Waals surface area contributed by atoms with Crippen LogP contribution in [-0.4, -0.2) is 74.7 Å². The van der Waals surface area contributed by atoms with Crippen molar-refractivity contribution in [1.82, 2.24) is 0 Å². The number of hydrogen-bond donors (Lipinski definition) is 2.